The fourth-order valence-electron chi connectivity index (χ4n) is 2.97. The molecule has 5 nitrogen and oxygen atoms in total. The van der Waals surface area contributed by atoms with Gasteiger partial charge >= 0.3 is 11.9 Å². The summed E-state index contributed by atoms with van der Waals surface area (Å²) in [5.74, 6) is -0.894. The molecule has 0 atom stereocenters. The van der Waals surface area contributed by atoms with Gasteiger partial charge in [-0.15, -0.1) is 0 Å². The number of nitrogens with one attached hydrogen (secondary N) is 1. The molecule has 0 amide bonds. The highest BCUT2D eigenvalue weighted by atomic mass is 79.9. The summed E-state index contributed by atoms with van der Waals surface area (Å²) in [6.45, 7) is 4.07. The third-order valence-electron chi connectivity index (χ3n) is 3.82. The van der Waals surface area contributed by atoms with Gasteiger partial charge in [0, 0.05) is 15.2 Å². The molecule has 0 fully saturated rings. The number of hydrogen-bond donors (Lipinski definition) is 1. The van der Waals surface area contributed by atoms with E-state index >= 15 is 0 Å². The van der Waals surface area contributed by atoms with Gasteiger partial charge in [0.25, 0.3) is 0 Å². The molecular weight excluding hydrogens is 350 g/mol. The van der Waals surface area contributed by atoms with Crippen LogP contribution in [0.15, 0.2) is 10.5 Å². The molecule has 2 aromatic rings. The van der Waals surface area contributed by atoms with Gasteiger partial charge in [0.15, 0.2) is 0 Å². The Bertz CT molecular complexity index is 778. The molecule has 1 aromatic heterocycles. The van der Waals surface area contributed by atoms with Gasteiger partial charge < -0.3 is 14.5 Å². The van der Waals surface area contributed by atoms with Gasteiger partial charge in [0.05, 0.1) is 13.2 Å². The fourth-order valence-corrected chi connectivity index (χ4v) is 3.64. The number of carbonyl (C=O) groups is 2. The minimum Gasteiger partial charge on any atom is -0.461 e. The van der Waals surface area contributed by atoms with E-state index in [1.54, 1.807) is 13.8 Å². The number of carbonyl (C=O) groups excluding carboxylic acids is 2. The fraction of sp³-hybridized carbons (Fsp3) is 0.375. The second-order valence-corrected chi connectivity index (χ2v) is 5.92. The molecule has 0 saturated heterocycles. The van der Waals surface area contributed by atoms with Crippen LogP contribution in [0.1, 0.15) is 46.0 Å². The van der Waals surface area contributed by atoms with Crippen molar-refractivity contribution in [1.29, 1.82) is 0 Å². The number of rotatable bonds is 4. The first kappa shape index (κ1) is 15.1. The summed E-state index contributed by atoms with van der Waals surface area (Å²) in [5, 5.41) is 1.56. The Morgan fingerprint density at radius 2 is 1.68 bits per heavy atom. The van der Waals surface area contributed by atoms with Gasteiger partial charge in [-0.05, 0) is 43.9 Å². The maximum absolute atomic E-state index is 12.2. The van der Waals surface area contributed by atoms with Crippen molar-refractivity contribution in [2.75, 3.05) is 13.2 Å². The molecule has 2 aliphatic rings. The largest absolute Gasteiger partial charge is 0.461 e. The van der Waals surface area contributed by atoms with Crippen LogP contribution in [0.3, 0.4) is 0 Å². The Morgan fingerprint density at radius 1 is 1.09 bits per heavy atom. The SMILES string of the molecule is CCOC(=O)c1[nH]c(C(=O)OCC)c2c3c(Br)cc(c12)CC3. The highest BCUT2D eigenvalue weighted by molar-refractivity contribution is 9.10. The van der Waals surface area contributed by atoms with Crippen molar-refractivity contribution in [2.45, 2.75) is 26.7 Å². The molecule has 2 aliphatic carbocycles. The van der Waals surface area contributed by atoms with E-state index < -0.39 is 11.9 Å². The standard InChI is InChI=1S/C16H16BrNO4/c1-3-21-15(19)13-11-8-5-6-9(10(17)7-8)12(11)14(18-13)16(20)22-4-2/h7,18H,3-6H2,1-2H3. The first-order chi connectivity index (χ1) is 10.6. The lowest BCUT2D eigenvalue weighted by Crippen LogP contribution is -2.09. The normalized spacial score (nSPS) is 12.7. The van der Waals surface area contributed by atoms with E-state index in [9.17, 15) is 9.59 Å². The minimum absolute atomic E-state index is 0.282. The molecule has 22 heavy (non-hydrogen) atoms. The molecule has 0 saturated carbocycles. The predicted molar refractivity (Wildman–Crippen MR) is 85.3 cm³/mol. The smallest absolute Gasteiger partial charge is 0.355 e. The van der Waals surface area contributed by atoms with Crippen LogP contribution >= 0.6 is 15.9 Å². The van der Waals surface area contributed by atoms with Gasteiger partial charge in [-0.25, -0.2) is 9.59 Å². The number of aromatic amines is 1. The van der Waals surface area contributed by atoms with Gasteiger partial charge in [-0.3, -0.25) is 0 Å². The molecule has 0 spiro atoms. The van der Waals surface area contributed by atoms with Gasteiger partial charge in [-0.1, -0.05) is 15.9 Å². The first-order valence-electron chi connectivity index (χ1n) is 7.28. The summed E-state index contributed by atoms with van der Waals surface area (Å²) in [6.07, 6.45) is 1.69. The van der Waals surface area contributed by atoms with E-state index in [0.717, 1.165) is 39.2 Å². The van der Waals surface area contributed by atoms with Crippen LogP contribution in [0.4, 0.5) is 0 Å². The molecule has 1 N–H and O–H groups in total. The molecular formula is C16H16BrNO4. The molecule has 1 heterocycles. The molecule has 1 aromatic carbocycles. The Hall–Kier alpha value is -1.82. The highest BCUT2D eigenvalue weighted by Gasteiger charge is 2.29. The number of benzene rings is 1. The average Bonchev–Trinajstić information content (AvgIpc) is 2.90. The summed E-state index contributed by atoms with van der Waals surface area (Å²) in [6, 6.07) is 2.01. The Morgan fingerprint density at radius 3 is 2.23 bits per heavy atom. The summed E-state index contributed by atoms with van der Waals surface area (Å²) >= 11 is 3.54. The predicted octanol–water partition coefficient (Wildman–Crippen LogP) is 3.38. The lowest BCUT2D eigenvalue weighted by Gasteiger charge is -2.18. The van der Waals surface area contributed by atoms with Gasteiger partial charge in [-0.2, -0.15) is 0 Å². The number of halogens is 1. The van der Waals surface area contributed by atoms with E-state index in [4.69, 9.17) is 9.47 Å². The van der Waals surface area contributed by atoms with Crippen molar-refractivity contribution < 1.29 is 19.1 Å². The summed E-state index contributed by atoms with van der Waals surface area (Å²) in [7, 11) is 0. The van der Waals surface area contributed by atoms with Gasteiger partial charge in [0.1, 0.15) is 11.4 Å². The Kier molecular flexibility index (Phi) is 3.95. The molecule has 6 heteroatoms. The van der Waals surface area contributed by atoms with Crippen LogP contribution in [-0.4, -0.2) is 30.1 Å². The van der Waals surface area contributed by atoms with Crippen LogP contribution in [0, 0.1) is 0 Å². The van der Waals surface area contributed by atoms with Crippen molar-refractivity contribution >= 4 is 38.6 Å². The topological polar surface area (TPSA) is 68.4 Å². The molecule has 116 valence electrons. The van der Waals surface area contributed by atoms with Crippen LogP contribution in [0.25, 0.3) is 10.8 Å². The van der Waals surface area contributed by atoms with Crippen LogP contribution < -0.4 is 0 Å². The lowest BCUT2D eigenvalue weighted by molar-refractivity contribution is 0.0518. The van der Waals surface area contributed by atoms with Crippen molar-refractivity contribution in [3.8, 4) is 0 Å². The number of ether oxygens (including phenoxy) is 2. The molecule has 0 aliphatic heterocycles. The molecule has 0 unspecified atom stereocenters. The summed E-state index contributed by atoms with van der Waals surface area (Å²) in [5.41, 5.74) is 2.73. The summed E-state index contributed by atoms with van der Waals surface area (Å²) < 4.78 is 11.2. The van der Waals surface area contributed by atoms with E-state index in [1.807, 2.05) is 6.07 Å². The van der Waals surface area contributed by atoms with Crippen molar-refractivity contribution in [3.05, 3.63) is 33.1 Å². The number of aryl methyl sites for hydroxylation is 2. The third kappa shape index (κ3) is 2.22. The van der Waals surface area contributed by atoms with E-state index in [0.29, 0.717) is 11.4 Å². The zero-order chi connectivity index (χ0) is 15.9. The second kappa shape index (κ2) is 5.76. The number of hydrogen-bond acceptors (Lipinski definition) is 4. The van der Waals surface area contributed by atoms with E-state index in [1.165, 1.54) is 0 Å². The molecule has 2 bridgehead atoms. The quantitative estimate of drug-likeness (QED) is 0.843. The van der Waals surface area contributed by atoms with Crippen molar-refractivity contribution in [2.24, 2.45) is 0 Å². The number of H-pyrrole nitrogens is 1. The van der Waals surface area contributed by atoms with E-state index in [-0.39, 0.29) is 13.2 Å². The summed E-state index contributed by atoms with van der Waals surface area (Å²) in [4.78, 5) is 27.4. The maximum atomic E-state index is 12.2. The second-order valence-electron chi connectivity index (χ2n) is 5.06. The number of aromatic nitrogens is 1. The zero-order valence-electron chi connectivity index (χ0n) is 12.4. The Balaban J connectivity index is 2.28. The monoisotopic (exact) mass is 365 g/mol. The number of fused-ring (bicyclic) bond motifs is 2. The van der Waals surface area contributed by atoms with Gasteiger partial charge in [0.2, 0.25) is 0 Å². The van der Waals surface area contributed by atoms with E-state index in [2.05, 4.69) is 20.9 Å². The zero-order valence-corrected chi connectivity index (χ0v) is 14.0. The average molecular weight is 366 g/mol. The lowest BCUT2D eigenvalue weighted by atomic mass is 9.88. The molecule has 4 rings (SSSR count). The highest BCUT2D eigenvalue weighted by Crippen LogP contribution is 2.40. The minimum atomic E-state index is -0.449. The molecule has 0 radical (unpaired) electrons. The third-order valence-corrected chi connectivity index (χ3v) is 4.52. The number of esters is 2. The first-order valence-corrected chi connectivity index (χ1v) is 8.07. The van der Waals surface area contributed by atoms with Crippen LogP contribution in [-0.2, 0) is 22.3 Å². The Labute approximate surface area is 136 Å². The van der Waals surface area contributed by atoms with Crippen LogP contribution in [0.5, 0.6) is 0 Å². The van der Waals surface area contributed by atoms with Crippen LogP contribution in [0.2, 0.25) is 0 Å². The maximum Gasteiger partial charge on any atom is 0.355 e. The van der Waals surface area contributed by atoms with Crippen molar-refractivity contribution in [1.82, 2.24) is 4.98 Å². The van der Waals surface area contributed by atoms with Crippen molar-refractivity contribution in [3.63, 3.8) is 0 Å².